The first-order chi connectivity index (χ1) is 21.2. The number of aromatic nitrogens is 2. The maximum Gasteiger partial charge on any atom is 0.410 e. The van der Waals surface area contributed by atoms with Gasteiger partial charge in [0, 0.05) is 54.4 Å². The van der Waals surface area contributed by atoms with E-state index in [0.717, 1.165) is 51.7 Å². The van der Waals surface area contributed by atoms with Crippen LogP contribution in [-0.4, -0.2) is 82.9 Å². The van der Waals surface area contributed by atoms with Crippen molar-refractivity contribution in [1.82, 2.24) is 19.8 Å². The number of hydrogen-bond donors (Lipinski definition) is 0. The van der Waals surface area contributed by atoms with Crippen molar-refractivity contribution in [2.45, 2.75) is 57.6 Å². The number of hydrogen-bond acceptors (Lipinski definition) is 7. The monoisotopic (exact) mass is 613 g/mol. The number of rotatable bonds is 5. The minimum Gasteiger partial charge on any atom is -0.476 e. The molecule has 3 saturated heterocycles. The number of nitrogens with zero attached hydrogens (tertiary/aromatic N) is 5. The van der Waals surface area contributed by atoms with Crippen LogP contribution in [0, 0.1) is 0 Å². The molecule has 9 heteroatoms. The summed E-state index contributed by atoms with van der Waals surface area (Å²) in [6.45, 7) is 11.1. The Balaban J connectivity index is 1.24. The van der Waals surface area contributed by atoms with E-state index >= 15 is 0 Å². The second kappa shape index (κ2) is 11.4. The molecule has 0 N–H and O–H groups in total. The van der Waals surface area contributed by atoms with E-state index in [1.165, 1.54) is 25.7 Å². The topological polar surface area (TPSA) is 71.0 Å². The van der Waals surface area contributed by atoms with Gasteiger partial charge in [-0.05, 0) is 82.6 Å². The Morgan fingerprint density at radius 1 is 0.977 bits per heavy atom. The molecule has 2 aromatic heterocycles. The summed E-state index contributed by atoms with van der Waals surface area (Å²) in [6.07, 6.45) is 6.44. The Kier molecular flexibility index (Phi) is 7.53. The maximum atomic E-state index is 12.7. The number of fused-ring (bicyclic) bond motifs is 3. The van der Waals surface area contributed by atoms with E-state index in [1.807, 2.05) is 45.2 Å². The summed E-state index contributed by atoms with van der Waals surface area (Å²) < 4.78 is 12.2. The van der Waals surface area contributed by atoms with Gasteiger partial charge in [-0.15, -0.1) is 0 Å². The molecule has 3 aliphatic heterocycles. The first-order valence-electron chi connectivity index (χ1n) is 15.8. The largest absolute Gasteiger partial charge is 0.476 e. The number of piperazine rings is 1. The first-order valence-corrected chi connectivity index (χ1v) is 16.2. The Hall–Kier alpha value is -3.62. The normalized spacial score (nSPS) is 18.6. The smallest absolute Gasteiger partial charge is 0.410 e. The van der Waals surface area contributed by atoms with Crippen molar-refractivity contribution >= 4 is 45.2 Å². The fraction of sp³-hybridized carbons (Fsp3) is 0.457. The zero-order chi connectivity index (χ0) is 30.5. The SMILES string of the molecule is CC(C)(C)OC(=O)N1CCN(c2cc(OCC34CCCN3CCC4)nc3cc(-c4cccc5cccc(Cl)c45)cnc23)CC1. The highest BCUT2D eigenvalue weighted by Gasteiger charge is 2.45. The van der Waals surface area contributed by atoms with Crippen LogP contribution >= 0.6 is 11.6 Å². The van der Waals surface area contributed by atoms with Crippen LogP contribution in [0.4, 0.5) is 10.5 Å². The number of anilines is 1. The van der Waals surface area contributed by atoms with Crippen LogP contribution in [0.3, 0.4) is 0 Å². The summed E-state index contributed by atoms with van der Waals surface area (Å²) in [7, 11) is 0. The molecule has 2 aromatic carbocycles. The van der Waals surface area contributed by atoms with Gasteiger partial charge in [0.25, 0.3) is 0 Å². The summed E-state index contributed by atoms with van der Waals surface area (Å²) >= 11 is 6.70. The highest BCUT2D eigenvalue weighted by molar-refractivity contribution is 6.36. The lowest BCUT2D eigenvalue weighted by molar-refractivity contribution is 0.0240. The number of benzene rings is 2. The third kappa shape index (κ3) is 5.54. The summed E-state index contributed by atoms with van der Waals surface area (Å²) in [4.78, 5) is 29.4. The fourth-order valence-corrected chi connectivity index (χ4v) is 7.48. The Bertz CT molecular complexity index is 1700. The fourth-order valence-electron chi connectivity index (χ4n) is 7.20. The molecule has 0 atom stereocenters. The van der Waals surface area contributed by atoms with Crippen molar-refractivity contribution in [2.24, 2.45) is 0 Å². The number of ether oxygens (including phenoxy) is 2. The van der Waals surface area contributed by atoms with Crippen LogP contribution in [0.25, 0.3) is 32.9 Å². The predicted molar refractivity (Wildman–Crippen MR) is 176 cm³/mol. The molecule has 0 spiro atoms. The van der Waals surface area contributed by atoms with Crippen molar-refractivity contribution in [3.8, 4) is 17.0 Å². The van der Waals surface area contributed by atoms with E-state index in [-0.39, 0.29) is 11.6 Å². The van der Waals surface area contributed by atoms with Gasteiger partial charge in [0.05, 0.1) is 16.7 Å². The van der Waals surface area contributed by atoms with Crippen molar-refractivity contribution in [3.05, 3.63) is 59.8 Å². The molecule has 3 fully saturated rings. The molecule has 0 bridgehead atoms. The molecule has 5 heterocycles. The molecule has 0 radical (unpaired) electrons. The lowest BCUT2D eigenvalue weighted by Gasteiger charge is -2.37. The summed E-state index contributed by atoms with van der Waals surface area (Å²) in [5.41, 5.74) is 4.15. The van der Waals surface area contributed by atoms with Gasteiger partial charge in [-0.1, -0.05) is 41.9 Å². The van der Waals surface area contributed by atoms with Gasteiger partial charge < -0.3 is 19.3 Å². The summed E-state index contributed by atoms with van der Waals surface area (Å²) in [5.74, 6) is 0.616. The molecule has 3 aliphatic rings. The summed E-state index contributed by atoms with van der Waals surface area (Å²) in [6, 6.07) is 16.3. The van der Waals surface area contributed by atoms with Crippen molar-refractivity contribution in [2.75, 3.05) is 50.8 Å². The van der Waals surface area contributed by atoms with E-state index in [0.29, 0.717) is 43.7 Å². The maximum absolute atomic E-state index is 12.7. The molecule has 0 unspecified atom stereocenters. The standard InChI is InChI=1S/C35H40ClN5O3/c1-34(2,3)44-33(42)40-18-16-39(17-19-40)29-21-30(43-23-35-12-6-14-41(35)15-7-13-35)38-28-20-25(22-37-32(28)29)26-10-4-8-24-9-5-11-27(36)31(24)26/h4-5,8-11,20-22H,6-7,12-19,23H2,1-3H3. The second-order valence-electron chi connectivity index (χ2n) is 13.4. The minimum atomic E-state index is -0.522. The quantitative estimate of drug-likeness (QED) is 0.236. The zero-order valence-corrected chi connectivity index (χ0v) is 26.6. The van der Waals surface area contributed by atoms with Gasteiger partial charge in [0.1, 0.15) is 17.7 Å². The van der Waals surface area contributed by atoms with E-state index in [1.54, 1.807) is 4.90 Å². The number of carbonyl (C=O) groups excluding carboxylic acids is 1. The average molecular weight is 614 g/mol. The molecular weight excluding hydrogens is 574 g/mol. The molecule has 44 heavy (non-hydrogen) atoms. The third-order valence-corrected chi connectivity index (χ3v) is 9.65. The van der Waals surface area contributed by atoms with Crippen LogP contribution in [0.15, 0.2) is 54.7 Å². The number of halogens is 1. The van der Waals surface area contributed by atoms with E-state index in [2.05, 4.69) is 40.1 Å². The second-order valence-corrected chi connectivity index (χ2v) is 13.8. The molecule has 0 saturated carbocycles. The minimum absolute atomic E-state index is 0.121. The molecule has 230 valence electrons. The average Bonchev–Trinajstić information content (AvgIpc) is 3.59. The van der Waals surface area contributed by atoms with Crippen LogP contribution in [0.2, 0.25) is 5.02 Å². The Labute approximate surface area is 263 Å². The van der Waals surface area contributed by atoms with Crippen molar-refractivity contribution in [3.63, 3.8) is 0 Å². The molecule has 4 aromatic rings. The van der Waals surface area contributed by atoms with Gasteiger partial charge in [-0.25, -0.2) is 9.78 Å². The highest BCUT2D eigenvalue weighted by Crippen LogP contribution is 2.40. The van der Waals surface area contributed by atoms with Crippen LogP contribution in [0.1, 0.15) is 46.5 Å². The van der Waals surface area contributed by atoms with Gasteiger partial charge >= 0.3 is 6.09 Å². The van der Waals surface area contributed by atoms with Crippen LogP contribution < -0.4 is 9.64 Å². The molecule has 7 rings (SSSR count). The van der Waals surface area contributed by atoms with E-state index < -0.39 is 5.60 Å². The predicted octanol–water partition coefficient (Wildman–Crippen LogP) is 7.17. The van der Waals surface area contributed by atoms with Crippen LogP contribution in [0.5, 0.6) is 5.88 Å². The van der Waals surface area contributed by atoms with E-state index in [9.17, 15) is 4.79 Å². The lowest BCUT2D eigenvalue weighted by Crippen LogP contribution is -2.50. The number of carbonyl (C=O) groups is 1. The van der Waals surface area contributed by atoms with Crippen molar-refractivity contribution < 1.29 is 14.3 Å². The Morgan fingerprint density at radius 2 is 1.70 bits per heavy atom. The molecule has 8 nitrogen and oxygen atoms in total. The van der Waals surface area contributed by atoms with Crippen LogP contribution in [-0.2, 0) is 4.74 Å². The first kappa shape index (κ1) is 29.1. The van der Waals surface area contributed by atoms with Crippen molar-refractivity contribution in [1.29, 1.82) is 0 Å². The van der Waals surface area contributed by atoms with E-state index in [4.69, 9.17) is 31.0 Å². The molecular formula is C35H40ClN5O3. The van der Waals surface area contributed by atoms with Gasteiger partial charge in [0.15, 0.2) is 0 Å². The summed E-state index contributed by atoms with van der Waals surface area (Å²) in [5, 5.41) is 2.80. The molecule has 1 amide bonds. The van der Waals surface area contributed by atoms with Gasteiger partial charge in [-0.3, -0.25) is 9.88 Å². The molecule has 0 aliphatic carbocycles. The lowest BCUT2D eigenvalue weighted by atomic mass is 9.95. The zero-order valence-electron chi connectivity index (χ0n) is 25.8. The van der Waals surface area contributed by atoms with Gasteiger partial charge in [0.2, 0.25) is 5.88 Å². The van der Waals surface area contributed by atoms with Gasteiger partial charge in [-0.2, -0.15) is 0 Å². The third-order valence-electron chi connectivity index (χ3n) is 9.34. The highest BCUT2D eigenvalue weighted by atomic mass is 35.5. The number of pyridine rings is 2. The Morgan fingerprint density at radius 3 is 2.43 bits per heavy atom. The number of amides is 1.